The van der Waals surface area contributed by atoms with Crippen molar-refractivity contribution in [3.05, 3.63) is 27.2 Å². The number of piperidine rings is 1. The Hall–Kier alpha value is -2.16. The van der Waals surface area contributed by atoms with Gasteiger partial charge in [-0.2, -0.15) is 10.4 Å². The first-order valence-corrected chi connectivity index (χ1v) is 7.23. The maximum absolute atomic E-state index is 12.4. The summed E-state index contributed by atoms with van der Waals surface area (Å²) in [6.45, 7) is 6.08. The van der Waals surface area contributed by atoms with E-state index in [4.69, 9.17) is 5.26 Å². The van der Waals surface area contributed by atoms with Gasteiger partial charge >= 0.3 is 0 Å². The van der Waals surface area contributed by atoms with E-state index < -0.39 is 5.56 Å². The lowest BCUT2D eigenvalue weighted by Gasteiger charge is -2.33. The first kappa shape index (κ1) is 15.2. The van der Waals surface area contributed by atoms with E-state index in [0.29, 0.717) is 11.3 Å². The highest BCUT2D eigenvalue weighted by Crippen LogP contribution is 2.16. The number of aromatic nitrogens is 2. The van der Waals surface area contributed by atoms with E-state index in [1.807, 2.05) is 13.0 Å². The minimum absolute atomic E-state index is 0.0713. The van der Waals surface area contributed by atoms with Gasteiger partial charge in [0.05, 0.1) is 5.69 Å². The molecule has 6 nitrogen and oxygen atoms in total. The SMILES string of the molecule is Cc1nn(CC(=O)N2CCCC[C@@H]2C)c(=O)c(C#N)c1C. The molecule has 2 rings (SSSR count). The minimum atomic E-state index is -0.487. The van der Waals surface area contributed by atoms with E-state index in [0.717, 1.165) is 30.5 Å². The van der Waals surface area contributed by atoms with Crippen molar-refractivity contribution in [2.75, 3.05) is 6.54 Å². The van der Waals surface area contributed by atoms with Crippen molar-refractivity contribution >= 4 is 5.91 Å². The van der Waals surface area contributed by atoms with Crippen LogP contribution >= 0.6 is 0 Å². The number of hydrogen-bond donors (Lipinski definition) is 0. The average molecular weight is 288 g/mol. The number of rotatable bonds is 2. The molecule has 2 heterocycles. The predicted octanol–water partition coefficient (Wildman–Crippen LogP) is 1.13. The van der Waals surface area contributed by atoms with Gasteiger partial charge in [-0.25, -0.2) is 4.68 Å². The van der Waals surface area contributed by atoms with E-state index in [1.54, 1.807) is 18.7 Å². The van der Waals surface area contributed by atoms with Gasteiger partial charge in [0.2, 0.25) is 5.91 Å². The number of amides is 1. The summed E-state index contributed by atoms with van der Waals surface area (Å²) in [4.78, 5) is 26.4. The third kappa shape index (κ3) is 2.97. The number of carbonyl (C=O) groups is 1. The quantitative estimate of drug-likeness (QED) is 0.817. The molecule has 0 bridgehead atoms. The molecule has 1 aromatic rings. The van der Waals surface area contributed by atoms with Crippen LogP contribution in [-0.2, 0) is 11.3 Å². The third-order valence-electron chi connectivity index (χ3n) is 4.16. The highest BCUT2D eigenvalue weighted by atomic mass is 16.2. The van der Waals surface area contributed by atoms with Gasteiger partial charge in [0.25, 0.3) is 5.56 Å². The second-order valence-electron chi connectivity index (χ2n) is 5.59. The lowest BCUT2D eigenvalue weighted by molar-refractivity contribution is -0.135. The Morgan fingerprint density at radius 1 is 1.43 bits per heavy atom. The fourth-order valence-corrected chi connectivity index (χ4v) is 2.70. The van der Waals surface area contributed by atoms with Crippen LogP contribution in [0.25, 0.3) is 0 Å². The lowest BCUT2D eigenvalue weighted by Crippen LogP contribution is -2.45. The van der Waals surface area contributed by atoms with Crippen LogP contribution in [0.3, 0.4) is 0 Å². The van der Waals surface area contributed by atoms with Gasteiger partial charge in [-0.05, 0) is 45.6 Å². The average Bonchev–Trinajstić information content (AvgIpc) is 2.45. The molecule has 0 spiro atoms. The Bertz CT molecular complexity index is 657. The molecule has 6 heteroatoms. The monoisotopic (exact) mass is 288 g/mol. The largest absolute Gasteiger partial charge is 0.338 e. The van der Waals surface area contributed by atoms with Gasteiger partial charge in [-0.1, -0.05) is 0 Å². The fraction of sp³-hybridized carbons (Fsp3) is 0.600. The molecule has 21 heavy (non-hydrogen) atoms. The van der Waals surface area contributed by atoms with E-state index in [1.165, 1.54) is 0 Å². The molecule has 1 amide bonds. The van der Waals surface area contributed by atoms with Crippen LogP contribution < -0.4 is 5.56 Å². The van der Waals surface area contributed by atoms with Crippen LogP contribution in [0.5, 0.6) is 0 Å². The summed E-state index contributed by atoms with van der Waals surface area (Å²) in [6.07, 6.45) is 3.12. The van der Waals surface area contributed by atoms with E-state index >= 15 is 0 Å². The summed E-state index contributed by atoms with van der Waals surface area (Å²) in [6, 6.07) is 2.11. The molecule has 112 valence electrons. The summed E-state index contributed by atoms with van der Waals surface area (Å²) >= 11 is 0. The van der Waals surface area contributed by atoms with Gasteiger partial charge in [-0.15, -0.1) is 0 Å². The molecule has 1 fully saturated rings. The van der Waals surface area contributed by atoms with Crippen LogP contribution in [0.1, 0.15) is 43.0 Å². The van der Waals surface area contributed by atoms with Crippen molar-refractivity contribution in [1.29, 1.82) is 5.26 Å². The van der Waals surface area contributed by atoms with Crippen molar-refractivity contribution in [2.24, 2.45) is 0 Å². The molecule has 0 unspecified atom stereocenters. The summed E-state index contributed by atoms with van der Waals surface area (Å²) in [5.74, 6) is -0.107. The van der Waals surface area contributed by atoms with Crippen LogP contribution in [-0.4, -0.2) is 33.2 Å². The number of carbonyl (C=O) groups excluding carboxylic acids is 1. The van der Waals surface area contributed by atoms with Gasteiger partial charge in [0.1, 0.15) is 18.2 Å². The Morgan fingerprint density at radius 2 is 2.14 bits per heavy atom. The fourth-order valence-electron chi connectivity index (χ4n) is 2.70. The molecule has 1 saturated heterocycles. The maximum atomic E-state index is 12.4. The Kier molecular flexibility index (Phi) is 4.41. The van der Waals surface area contributed by atoms with Gasteiger partial charge < -0.3 is 4.90 Å². The number of nitriles is 1. The highest BCUT2D eigenvalue weighted by molar-refractivity contribution is 5.76. The van der Waals surface area contributed by atoms with Crippen LogP contribution in [0, 0.1) is 25.2 Å². The number of nitrogens with zero attached hydrogens (tertiary/aromatic N) is 4. The smallest absolute Gasteiger partial charge is 0.285 e. The normalized spacial score (nSPS) is 18.4. The summed E-state index contributed by atoms with van der Waals surface area (Å²) in [5.41, 5.74) is 0.767. The molecule has 1 aliphatic rings. The van der Waals surface area contributed by atoms with Crippen molar-refractivity contribution in [1.82, 2.24) is 14.7 Å². The second-order valence-corrected chi connectivity index (χ2v) is 5.59. The molecule has 1 aromatic heterocycles. The molecule has 0 N–H and O–H groups in total. The van der Waals surface area contributed by atoms with Crippen molar-refractivity contribution in [2.45, 2.75) is 52.6 Å². The zero-order chi connectivity index (χ0) is 15.6. The molecule has 1 aliphatic heterocycles. The first-order chi connectivity index (χ1) is 9.95. The molecular weight excluding hydrogens is 268 g/mol. The Morgan fingerprint density at radius 3 is 2.76 bits per heavy atom. The van der Waals surface area contributed by atoms with Crippen molar-refractivity contribution < 1.29 is 4.79 Å². The first-order valence-electron chi connectivity index (χ1n) is 7.23. The zero-order valence-electron chi connectivity index (χ0n) is 12.7. The molecule has 1 atom stereocenters. The molecule has 0 aromatic carbocycles. The maximum Gasteiger partial charge on any atom is 0.285 e. The van der Waals surface area contributed by atoms with E-state index in [-0.39, 0.29) is 24.1 Å². The van der Waals surface area contributed by atoms with Crippen molar-refractivity contribution in [3.8, 4) is 6.07 Å². The van der Waals surface area contributed by atoms with Crippen LogP contribution in [0.2, 0.25) is 0 Å². The standard InChI is InChI=1S/C15H20N4O2/c1-10-6-4-5-7-18(10)14(20)9-19-15(21)13(8-16)11(2)12(3)17-19/h10H,4-7,9H2,1-3H3/t10-/m0/s1. The van der Waals surface area contributed by atoms with Crippen molar-refractivity contribution in [3.63, 3.8) is 0 Å². The lowest BCUT2D eigenvalue weighted by atomic mass is 10.0. The topological polar surface area (TPSA) is 79.0 Å². The van der Waals surface area contributed by atoms with Crippen LogP contribution in [0.15, 0.2) is 4.79 Å². The summed E-state index contributed by atoms with van der Waals surface area (Å²) < 4.78 is 1.12. The highest BCUT2D eigenvalue weighted by Gasteiger charge is 2.24. The Balaban J connectivity index is 2.28. The van der Waals surface area contributed by atoms with Gasteiger partial charge in [0.15, 0.2) is 0 Å². The van der Waals surface area contributed by atoms with E-state index in [2.05, 4.69) is 5.10 Å². The minimum Gasteiger partial charge on any atom is -0.338 e. The van der Waals surface area contributed by atoms with Gasteiger partial charge in [-0.3, -0.25) is 9.59 Å². The summed E-state index contributed by atoms with van der Waals surface area (Å²) in [5, 5.41) is 13.2. The molecule has 0 radical (unpaired) electrons. The molecule has 0 aliphatic carbocycles. The number of hydrogen-bond acceptors (Lipinski definition) is 4. The van der Waals surface area contributed by atoms with Crippen LogP contribution in [0.4, 0.5) is 0 Å². The summed E-state index contributed by atoms with van der Waals surface area (Å²) in [7, 11) is 0. The molecule has 0 saturated carbocycles. The van der Waals surface area contributed by atoms with E-state index in [9.17, 15) is 9.59 Å². The number of likely N-dealkylation sites (tertiary alicyclic amines) is 1. The Labute approximate surface area is 124 Å². The zero-order valence-corrected chi connectivity index (χ0v) is 12.7. The second kappa shape index (κ2) is 6.08. The third-order valence-corrected chi connectivity index (χ3v) is 4.16. The number of aryl methyl sites for hydroxylation is 1. The predicted molar refractivity (Wildman–Crippen MR) is 77.7 cm³/mol. The molecular formula is C15H20N4O2. The van der Waals surface area contributed by atoms with Gasteiger partial charge in [0, 0.05) is 12.6 Å².